The summed E-state index contributed by atoms with van der Waals surface area (Å²) in [6, 6.07) is 7.28. The second-order valence-electron chi connectivity index (χ2n) is 8.08. The number of hydrogen-bond acceptors (Lipinski definition) is 6. The monoisotopic (exact) mass is 402 g/mol. The number of allylic oxidation sites excluding steroid dienone is 4. The molecular weight excluding hydrogens is 371 g/mol. The second-order valence-corrected chi connectivity index (χ2v) is 8.08. The molecule has 0 aromatic heterocycles. The van der Waals surface area contributed by atoms with Gasteiger partial charge in [0.25, 0.3) is 0 Å². The minimum absolute atomic E-state index is 0.0891. The normalized spacial score (nSPS) is 19.0. The third-order valence-corrected chi connectivity index (χ3v) is 5.17. The van der Waals surface area contributed by atoms with E-state index in [1.807, 2.05) is 45.9 Å². The molecule has 0 aliphatic carbocycles. The lowest BCUT2D eigenvalue weighted by Crippen LogP contribution is -2.41. The van der Waals surface area contributed by atoms with E-state index in [9.17, 15) is 9.90 Å². The molecular formula is C22H31BO6. The lowest BCUT2D eigenvalue weighted by Gasteiger charge is -2.32. The number of ether oxygens (including phenoxy) is 2. The fraction of sp³-hybridized carbons (Fsp3) is 0.500. The summed E-state index contributed by atoms with van der Waals surface area (Å²) in [5.74, 6) is 0.859. The zero-order valence-corrected chi connectivity index (χ0v) is 18.4. The average molecular weight is 402 g/mol. The zero-order valence-electron chi connectivity index (χ0n) is 18.4. The van der Waals surface area contributed by atoms with Crippen molar-refractivity contribution in [3.05, 3.63) is 52.9 Å². The summed E-state index contributed by atoms with van der Waals surface area (Å²) in [4.78, 5) is 11.8. The molecule has 1 fully saturated rings. The lowest BCUT2D eigenvalue weighted by molar-refractivity contribution is -0.142. The highest BCUT2D eigenvalue weighted by Crippen LogP contribution is 2.39. The number of aliphatic hydroxyl groups is 1. The van der Waals surface area contributed by atoms with Crippen molar-refractivity contribution < 1.29 is 28.7 Å². The van der Waals surface area contributed by atoms with E-state index >= 15 is 0 Å². The summed E-state index contributed by atoms with van der Waals surface area (Å²) in [5, 5.41) is 10.2. The Balaban J connectivity index is 2.22. The van der Waals surface area contributed by atoms with Gasteiger partial charge in [0, 0.05) is 11.0 Å². The maximum Gasteiger partial charge on any atom is 0.498 e. The maximum atomic E-state index is 11.8. The van der Waals surface area contributed by atoms with E-state index in [1.54, 1.807) is 32.9 Å². The number of para-hydroxylation sites is 1. The van der Waals surface area contributed by atoms with Crippen LogP contribution < -0.4 is 4.74 Å². The van der Waals surface area contributed by atoms with Crippen molar-refractivity contribution in [3.63, 3.8) is 0 Å². The van der Waals surface area contributed by atoms with Gasteiger partial charge in [0.2, 0.25) is 0 Å². The first kappa shape index (κ1) is 23.0. The van der Waals surface area contributed by atoms with E-state index in [2.05, 4.69) is 0 Å². The summed E-state index contributed by atoms with van der Waals surface area (Å²) in [6.45, 7) is 13.3. The molecule has 0 amide bonds. The minimum Gasteiger partial charge on any atom is -0.513 e. The fourth-order valence-corrected chi connectivity index (χ4v) is 2.85. The van der Waals surface area contributed by atoms with Crippen molar-refractivity contribution in [1.29, 1.82) is 0 Å². The molecule has 0 saturated carbocycles. The van der Waals surface area contributed by atoms with Crippen LogP contribution in [-0.4, -0.2) is 36.0 Å². The quantitative estimate of drug-likeness (QED) is 0.313. The third kappa shape index (κ3) is 5.64. The van der Waals surface area contributed by atoms with Crippen molar-refractivity contribution in [2.45, 2.75) is 66.1 Å². The van der Waals surface area contributed by atoms with Crippen molar-refractivity contribution in [2.75, 3.05) is 6.61 Å². The van der Waals surface area contributed by atoms with Crippen LogP contribution in [0.5, 0.6) is 5.75 Å². The second kappa shape index (κ2) is 9.05. The molecule has 1 aromatic carbocycles. The first-order chi connectivity index (χ1) is 13.5. The fourth-order valence-electron chi connectivity index (χ4n) is 2.85. The predicted octanol–water partition coefficient (Wildman–Crippen LogP) is 4.54. The summed E-state index contributed by atoms with van der Waals surface area (Å²) in [5.41, 5.74) is 0.171. The molecule has 1 N–H and O–H groups in total. The first-order valence-corrected chi connectivity index (χ1v) is 9.82. The third-order valence-electron chi connectivity index (χ3n) is 5.17. The van der Waals surface area contributed by atoms with Crippen molar-refractivity contribution in [1.82, 2.24) is 0 Å². The number of carbonyl (C=O) groups is 1. The predicted molar refractivity (Wildman–Crippen MR) is 113 cm³/mol. The van der Waals surface area contributed by atoms with Gasteiger partial charge in [-0.15, -0.1) is 0 Å². The van der Waals surface area contributed by atoms with Gasteiger partial charge >= 0.3 is 13.1 Å². The number of esters is 1. The minimum atomic E-state index is -0.710. The van der Waals surface area contributed by atoms with Crippen LogP contribution in [0.4, 0.5) is 0 Å². The Morgan fingerprint density at radius 1 is 1.14 bits per heavy atom. The molecule has 1 heterocycles. The van der Waals surface area contributed by atoms with Crippen molar-refractivity contribution in [2.24, 2.45) is 0 Å². The van der Waals surface area contributed by atoms with E-state index in [4.69, 9.17) is 18.8 Å². The summed E-state index contributed by atoms with van der Waals surface area (Å²) < 4.78 is 23.1. The summed E-state index contributed by atoms with van der Waals surface area (Å²) in [6.07, 6.45) is 1.81. The van der Waals surface area contributed by atoms with Gasteiger partial charge in [-0.2, -0.15) is 0 Å². The molecule has 6 nitrogen and oxygen atoms in total. The van der Waals surface area contributed by atoms with Crippen molar-refractivity contribution >= 4 is 13.1 Å². The van der Waals surface area contributed by atoms with Gasteiger partial charge in [0.05, 0.1) is 30.0 Å². The standard InChI is InChI=1S/C22H31BO6/c1-8-26-20(25)14-17-11-9-10-12-19(17)27-15(2)13-18(16(3)24)23-28-21(4,5)22(6,7)29-23/h9-13,24H,8,14H2,1-7H3/b15-13?,18-16-. The van der Waals surface area contributed by atoms with Gasteiger partial charge in [-0.1, -0.05) is 18.2 Å². The van der Waals surface area contributed by atoms with E-state index in [0.29, 0.717) is 23.6 Å². The Morgan fingerprint density at radius 3 is 2.28 bits per heavy atom. The molecule has 29 heavy (non-hydrogen) atoms. The first-order valence-electron chi connectivity index (χ1n) is 9.82. The van der Waals surface area contributed by atoms with Crippen LogP contribution in [-0.2, 0) is 25.3 Å². The van der Waals surface area contributed by atoms with Gasteiger partial charge in [-0.05, 0) is 60.6 Å². The van der Waals surface area contributed by atoms with Crippen LogP contribution in [0, 0.1) is 0 Å². The molecule has 0 spiro atoms. The lowest BCUT2D eigenvalue weighted by atomic mass is 9.77. The van der Waals surface area contributed by atoms with Crippen LogP contribution in [0.15, 0.2) is 47.3 Å². The summed E-state index contributed by atoms with van der Waals surface area (Å²) in [7, 11) is -0.710. The van der Waals surface area contributed by atoms with E-state index in [1.165, 1.54) is 0 Å². The van der Waals surface area contributed by atoms with Crippen LogP contribution in [0.1, 0.15) is 54.0 Å². The van der Waals surface area contributed by atoms with E-state index in [0.717, 1.165) is 5.56 Å². The Labute approximate surface area is 173 Å². The molecule has 158 valence electrons. The Bertz CT molecular complexity index is 789. The number of benzene rings is 1. The Morgan fingerprint density at radius 2 is 1.72 bits per heavy atom. The molecule has 0 unspecified atom stereocenters. The molecule has 1 aliphatic rings. The molecule has 1 aromatic rings. The molecule has 0 atom stereocenters. The van der Waals surface area contributed by atoms with Gasteiger partial charge in [0.15, 0.2) is 0 Å². The zero-order chi connectivity index (χ0) is 21.8. The van der Waals surface area contributed by atoms with Gasteiger partial charge in [0.1, 0.15) is 11.5 Å². The average Bonchev–Trinajstić information content (AvgIpc) is 2.82. The van der Waals surface area contributed by atoms with Crippen LogP contribution in [0.2, 0.25) is 0 Å². The molecule has 1 aliphatic heterocycles. The van der Waals surface area contributed by atoms with Crippen LogP contribution in [0.25, 0.3) is 0 Å². The van der Waals surface area contributed by atoms with Gasteiger partial charge in [-0.25, -0.2) is 0 Å². The number of rotatable bonds is 7. The van der Waals surface area contributed by atoms with Crippen molar-refractivity contribution in [3.8, 4) is 5.75 Å². The molecule has 2 rings (SSSR count). The smallest absolute Gasteiger partial charge is 0.498 e. The van der Waals surface area contributed by atoms with E-state index in [-0.39, 0.29) is 18.1 Å². The molecule has 1 saturated heterocycles. The number of carbonyl (C=O) groups excluding carboxylic acids is 1. The van der Waals surface area contributed by atoms with Crippen LogP contribution >= 0.6 is 0 Å². The van der Waals surface area contributed by atoms with Crippen LogP contribution in [0.3, 0.4) is 0 Å². The maximum absolute atomic E-state index is 11.8. The Hall–Kier alpha value is -2.25. The topological polar surface area (TPSA) is 74.2 Å². The Kier molecular flexibility index (Phi) is 7.19. The molecule has 7 heteroatoms. The largest absolute Gasteiger partial charge is 0.513 e. The SMILES string of the molecule is CCOC(=O)Cc1ccccc1OC(C)=C/C(B1OC(C)(C)C(C)(C)O1)=C(\C)O. The highest BCUT2D eigenvalue weighted by atomic mass is 16.7. The van der Waals surface area contributed by atoms with Gasteiger partial charge in [-0.3, -0.25) is 4.79 Å². The number of aliphatic hydroxyl groups excluding tert-OH is 1. The van der Waals surface area contributed by atoms with Gasteiger partial charge < -0.3 is 23.9 Å². The number of hydrogen-bond donors (Lipinski definition) is 1. The highest BCUT2D eigenvalue weighted by Gasteiger charge is 2.52. The molecule has 0 bridgehead atoms. The highest BCUT2D eigenvalue weighted by molar-refractivity contribution is 6.55. The molecule has 0 radical (unpaired) electrons. The summed E-state index contributed by atoms with van der Waals surface area (Å²) >= 11 is 0. The van der Waals surface area contributed by atoms with E-state index < -0.39 is 18.3 Å².